The van der Waals surface area contributed by atoms with Crippen molar-refractivity contribution in [1.82, 2.24) is 4.90 Å². The Labute approximate surface area is 149 Å². The molecule has 0 unspecified atom stereocenters. The lowest BCUT2D eigenvalue weighted by atomic mass is 10.1. The molecule has 0 aliphatic rings. The Balaban J connectivity index is 3.08. The molecule has 0 saturated carbocycles. The molecule has 0 aliphatic heterocycles. The first-order valence-electron chi connectivity index (χ1n) is 8.38. The Hall–Kier alpha value is -1.76. The highest BCUT2D eigenvalue weighted by Gasteiger charge is 2.20. The van der Waals surface area contributed by atoms with Gasteiger partial charge in [-0.25, -0.2) is 0 Å². The average molecular weight is 356 g/mol. The summed E-state index contributed by atoms with van der Waals surface area (Å²) < 4.78 is 0. The molecule has 1 aromatic rings. The van der Waals surface area contributed by atoms with Gasteiger partial charge in [0.2, 0.25) is 0 Å². The normalized spacial score (nSPS) is 12.3. The van der Waals surface area contributed by atoms with Gasteiger partial charge in [0.1, 0.15) is 16.1 Å². The zero-order chi connectivity index (χ0) is 18.4. The number of rotatable bonds is 3. The zero-order valence-corrected chi connectivity index (χ0v) is 18.0. The summed E-state index contributed by atoms with van der Waals surface area (Å²) >= 11 is 0. The molecule has 1 aromatic carbocycles. The summed E-state index contributed by atoms with van der Waals surface area (Å²) in [4.78, 5) is 14.5. The third-order valence-electron chi connectivity index (χ3n) is 3.27. The summed E-state index contributed by atoms with van der Waals surface area (Å²) in [6.45, 7) is 15.5. The molecule has 0 radical (unpaired) electrons. The molecule has 0 aliphatic carbocycles. The molecule has 128 valence electrons. The molecule has 1 atom stereocenters. The highest BCUT2D eigenvalue weighted by Crippen LogP contribution is 2.19. The SMILES string of the molecule is C[C@H](c1ccccc1)N(CC#C[Si](C)(C)C)C(=O)C#C[Si](C)(C)C. The molecular formula is C20H29NOSi2. The van der Waals surface area contributed by atoms with E-state index in [9.17, 15) is 4.79 Å². The minimum atomic E-state index is -1.58. The van der Waals surface area contributed by atoms with Crippen molar-refractivity contribution in [2.45, 2.75) is 52.2 Å². The van der Waals surface area contributed by atoms with E-state index in [1.165, 1.54) is 0 Å². The van der Waals surface area contributed by atoms with Crippen molar-refractivity contribution in [3.63, 3.8) is 0 Å². The monoisotopic (exact) mass is 355 g/mol. The van der Waals surface area contributed by atoms with Crippen molar-refractivity contribution in [1.29, 1.82) is 0 Å². The van der Waals surface area contributed by atoms with E-state index in [2.05, 4.69) is 62.2 Å². The summed E-state index contributed by atoms with van der Waals surface area (Å²) in [5, 5.41) is 0. The standard InChI is InChI=1S/C20H29NOSi2/c1-18(19-12-9-8-10-13-19)21(15-11-16-23(2,3)4)20(22)14-17-24(5,6)7/h8-10,12-13,18H,15H2,1-7H3/t18-/m1/s1. The molecule has 0 fully saturated rings. The Morgan fingerprint density at radius 3 is 2.04 bits per heavy atom. The Morgan fingerprint density at radius 1 is 1.00 bits per heavy atom. The molecule has 1 amide bonds. The number of nitrogens with zero attached hydrogens (tertiary/aromatic N) is 1. The van der Waals surface area contributed by atoms with E-state index in [4.69, 9.17) is 0 Å². The van der Waals surface area contributed by atoms with Crippen molar-refractivity contribution < 1.29 is 4.79 Å². The molecule has 24 heavy (non-hydrogen) atoms. The third kappa shape index (κ3) is 7.68. The van der Waals surface area contributed by atoms with E-state index in [0.29, 0.717) is 6.54 Å². The average Bonchev–Trinajstić information content (AvgIpc) is 2.48. The third-order valence-corrected chi connectivity index (χ3v) is 5.07. The fourth-order valence-corrected chi connectivity index (χ4v) is 3.09. The lowest BCUT2D eigenvalue weighted by Crippen LogP contribution is -2.34. The van der Waals surface area contributed by atoms with Gasteiger partial charge in [-0.05, 0) is 18.4 Å². The first-order chi connectivity index (χ1) is 11.0. The molecule has 1 rings (SSSR count). The van der Waals surface area contributed by atoms with Crippen LogP contribution in [0.15, 0.2) is 30.3 Å². The highest BCUT2D eigenvalue weighted by atomic mass is 28.3. The van der Waals surface area contributed by atoms with Crippen LogP contribution in [0, 0.1) is 22.9 Å². The Kier molecular flexibility index (Phi) is 7.08. The zero-order valence-electron chi connectivity index (χ0n) is 16.0. The van der Waals surface area contributed by atoms with Crippen LogP contribution in [0.2, 0.25) is 39.3 Å². The van der Waals surface area contributed by atoms with Crippen LogP contribution in [-0.4, -0.2) is 33.5 Å². The molecule has 4 heteroatoms. The van der Waals surface area contributed by atoms with E-state index < -0.39 is 16.1 Å². The molecule has 2 nitrogen and oxygen atoms in total. The van der Waals surface area contributed by atoms with E-state index in [1.807, 2.05) is 37.3 Å². The van der Waals surface area contributed by atoms with Crippen LogP contribution in [0.3, 0.4) is 0 Å². The summed E-state index contributed by atoms with van der Waals surface area (Å²) in [5.74, 6) is 5.95. The minimum Gasteiger partial charge on any atom is -0.314 e. The molecule has 0 bridgehead atoms. The smallest absolute Gasteiger partial charge is 0.299 e. The second-order valence-electron chi connectivity index (χ2n) is 8.07. The predicted molar refractivity (Wildman–Crippen MR) is 109 cm³/mol. The fraction of sp³-hybridized carbons (Fsp3) is 0.450. The van der Waals surface area contributed by atoms with Gasteiger partial charge in [-0.15, -0.1) is 11.1 Å². The number of carbonyl (C=O) groups excluding carboxylic acids is 1. The van der Waals surface area contributed by atoms with Crippen molar-refractivity contribution >= 4 is 22.1 Å². The van der Waals surface area contributed by atoms with Crippen LogP contribution in [0.5, 0.6) is 0 Å². The molecule has 0 heterocycles. The van der Waals surface area contributed by atoms with E-state index >= 15 is 0 Å². The largest absolute Gasteiger partial charge is 0.314 e. The van der Waals surface area contributed by atoms with Crippen LogP contribution in [0.1, 0.15) is 18.5 Å². The van der Waals surface area contributed by atoms with Crippen LogP contribution < -0.4 is 0 Å². The maximum atomic E-state index is 12.7. The van der Waals surface area contributed by atoms with Crippen molar-refractivity contribution in [2.75, 3.05) is 6.54 Å². The number of hydrogen-bond acceptors (Lipinski definition) is 1. The van der Waals surface area contributed by atoms with Gasteiger partial charge in [0.05, 0.1) is 12.6 Å². The maximum absolute atomic E-state index is 12.7. The van der Waals surface area contributed by atoms with Gasteiger partial charge in [0.15, 0.2) is 0 Å². The van der Waals surface area contributed by atoms with Crippen LogP contribution in [0.25, 0.3) is 0 Å². The molecule has 0 saturated heterocycles. The van der Waals surface area contributed by atoms with Crippen molar-refractivity contribution in [3.05, 3.63) is 35.9 Å². The summed E-state index contributed by atoms with van der Waals surface area (Å²) in [6, 6.07) is 10.0. The van der Waals surface area contributed by atoms with Gasteiger partial charge in [0, 0.05) is 0 Å². The first kappa shape index (κ1) is 20.3. The molecule has 0 N–H and O–H groups in total. The lowest BCUT2D eigenvalue weighted by Gasteiger charge is -2.26. The summed E-state index contributed by atoms with van der Waals surface area (Å²) in [6.07, 6.45) is 0. The second-order valence-corrected chi connectivity index (χ2v) is 17.6. The lowest BCUT2D eigenvalue weighted by molar-refractivity contribution is -0.126. The van der Waals surface area contributed by atoms with E-state index in [-0.39, 0.29) is 11.9 Å². The van der Waals surface area contributed by atoms with Crippen LogP contribution >= 0.6 is 0 Å². The maximum Gasteiger partial charge on any atom is 0.299 e. The van der Waals surface area contributed by atoms with Crippen LogP contribution in [0.4, 0.5) is 0 Å². The van der Waals surface area contributed by atoms with Gasteiger partial charge in [0.25, 0.3) is 5.91 Å². The topological polar surface area (TPSA) is 20.3 Å². The van der Waals surface area contributed by atoms with Crippen molar-refractivity contribution in [2.24, 2.45) is 0 Å². The number of amides is 1. The van der Waals surface area contributed by atoms with Crippen molar-refractivity contribution in [3.8, 4) is 22.9 Å². The van der Waals surface area contributed by atoms with Crippen LogP contribution in [-0.2, 0) is 4.79 Å². The number of carbonyl (C=O) groups is 1. The fourth-order valence-electron chi connectivity index (χ4n) is 2.00. The molecular weight excluding hydrogens is 326 g/mol. The van der Waals surface area contributed by atoms with Gasteiger partial charge >= 0.3 is 0 Å². The number of hydrogen-bond donors (Lipinski definition) is 0. The molecule has 0 aromatic heterocycles. The molecule has 0 spiro atoms. The Bertz CT molecular complexity index is 676. The predicted octanol–water partition coefficient (Wildman–Crippen LogP) is 4.34. The quantitative estimate of drug-likeness (QED) is 0.583. The Morgan fingerprint density at radius 2 is 1.54 bits per heavy atom. The van der Waals surface area contributed by atoms with Gasteiger partial charge in [-0.1, -0.05) is 75.5 Å². The summed E-state index contributed by atoms with van der Waals surface area (Å²) in [7, 11) is -3.03. The highest BCUT2D eigenvalue weighted by molar-refractivity contribution is 6.84. The van der Waals surface area contributed by atoms with E-state index in [0.717, 1.165) is 5.56 Å². The summed E-state index contributed by atoms with van der Waals surface area (Å²) in [5.41, 5.74) is 7.62. The first-order valence-corrected chi connectivity index (χ1v) is 15.4. The minimum absolute atomic E-state index is 0.0365. The van der Waals surface area contributed by atoms with Gasteiger partial charge < -0.3 is 4.90 Å². The number of benzene rings is 1. The van der Waals surface area contributed by atoms with Gasteiger partial charge in [-0.3, -0.25) is 4.79 Å². The second kappa shape index (κ2) is 8.37. The van der Waals surface area contributed by atoms with Gasteiger partial charge in [-0.2, -0.15) is 0 Å². The van der Waals surface area contributed by atoms with E-state index in [1.54, 1.807) is 4.90 Å².